The smallest absolute Gasteiger partial charge is 0.348 e. The van der Waals surface area contributed by atoms with E-state index in [0.29, 0.717) is 22.2 Å². The number of amides is 1. The summed E-state index contributed by atoms with van der Waals surface area (Å²) in [5.41, 5.74) is 4.32. The lowest BCUT2D eigenvalue weighted by Gasteiger charge is -2.16. The van der Waals surface area contributed by atoms with E-state index in [0.717, 1.165) is 30.6 Å². The Kier molecular flexibility index (Phi) is 5.72. The Labute approximate surface area is 179 Å². The molecule has 156 valence electrons. The third-order valence-electron chi connectivity index (χ3n) is 5.42. The largest absolute Gasteiger partial charge is 0.451 e. The summed E-state index contributed by atoms with van der Waals surface area (Å²) in [4.78, 5) is 26.7. The van der Waals surface area contributed by atoms with Crippen LogP contribution in [0.5, 0.6) is 0 Å². The molecule has 1 atom stereocenters. The Hall–Kier alpha value is -2.93. The monoisotopic (exact) mass is 423 g/mol. The van der Waals surface area contributed by atoms with Crippen molar-refractivity contribution in [1.29, 1.82) is 0 Å². The number of hydrogen-bond acceptors (Lipinski definition) is 5. The summed E-state index contributed by atoms with van der Waals surface area (Å²) < 4.78 is 7.06. The molecule has 0 spiro atoms. The van der Waals surface area contributed by atoms with Gasteiger partial charge in [0.05, 0.1) is 22.8 Å². The van der Waals surface area contributed by atoms with Gasteiger partial charge in [0.15, 0.2) is 6.61 Å². The molecule has 0 radical (unpaired) electrons. The third kappa shape index (κ3) is 4.16. The number of para-hydroxylation sites is 1. The highest BCUT2D eigenvalue weighted by Gasteiger charge is 2.22. The second-order valence-electron chi connectivity index (χ2n) is 7.82. The maximum atomic E-state index is 12.4. The van der Waals surface area contributed by atoms with Crippen LogP contribution in [0.3, 0.4) is 0 Å². The third-order valence-corrected chi connectivity index (χ3v) is 6.64. The molecule has 7 heteroatoms. The summed E-state index contributed by atoms with van der Waals surface area (Å²) in [6.07, 6.45) is 3.17. The van der Waals surface area contributed by atoms with Crippen molar-refractivity contribution in [3.8, 4) is 5.69 Å². The van der Waals surface area contributed by atoms with Gasteiger partial charge in [-0.1, -0.05) is 25.1 Å². The lowest BCUT2D eigenvalue weighted by Crippen LogP contribution is -2.21. The molecule has 1 aromatic carbocycles. The highest BCUT2D eigenvalue weighted by molar-refractivity contribution is 7.14. The number of carbonyl (C=O) groups excluding carboxylic acids is 2. The fourth-order valence-electron chi connectivity index (χ4n) is 3.83. The predicted octanol–water partition coefficient (Wildman–Crippen LogP) is 4.47. The van der Waals surface area contributed by atoms with Crippen LogP contribution in [0.25, 0.3) is 5.69 Å². The minimum Gasteiger partial charge on any atom is -0.451 e. The molecule has 6 nitrogen and oxygen atoms in total. The van der Waals surface area contributed by atoms with Gasteiger partial charge in [0.2, 0.25) is 0 Å². The fourth-order valence-corrected chi connectivity index (χ4v) is 4.93. The van der Waals surface area contributed by atoms with Crippen molar-refractivity contribution in [3.05, 3.63) is 63.1 Å². The lowest BCUT2D eigenvalue weighted by molar-refractivity contribution is -0.119. The molecule has 2 heterocycles. The van der Waals surface area contributed by atoms with Crippen LogP contribution in [0, 0.1) is 19.8 Å². The Morgan fingerprint density at radius 3 is 2.80 bits per heavy atom. The number of benzene rings is 1. The summed E-state index contributed by atoms with van der Waals surface area (Å²) in [7, 11) is 0. The van der Waals surface area contributed by atoms with Crippen LogP contribution < -0.4 is 5.32 Å². The van der Waals surface area contributed by atoms with E-state index in [1.54, 1.807) is 4.68 Å². The number of fused-ring (bicyclic) bond motifs is 1. The number of esters is 1. The zero-order valence-electron chi connectivity index (χ0n) is 17.4. The molecule has 1 aliphatic rings. The number of ether oxygens (including phenoxy) is 1. The molecule has 0 saturated carbocycles. The topological polar surface area (TPSA) is 73.2 Å². The lowest BCUT2D eigenvalue weighted by atomic mass is 9.90. The Balaban J connectivity index is 1.39. The molecule has 4 rings (SSSR count). The van der Waals surface area contributed by atoms with E-state index in [9.17, 15) is 9.59 Å². The number of aryl methyl sites for hydroxylation is 2. The van der Waals surface area contributed by atoms with E-state index in [-0.39, 0.29) is 12.5 Å². The summed E-state index contributed by atoms with van der Waals surface area (Å²) in [5, 5.41) is 7.35. The number of thiophene rings is 1. The van der Waals surface area contributed by atoms with Gasteiger partial charge >= 0.3 is 5.97 Å². The van der Waals surface area contributed by atoms with Gasteiger partial charge in [-0.2, -0.15) is 5.10 Å². The molecule has 1 N–H and O–H groups in total. The molecule has 0 fully saturated rings. The van der Waals surface area contributed by atoms with Gasteiger partial charge < -0.3 is 10.1 Å². The van der Waals surface area contributed by atoms with E-state index in [1.807, 2.05) is 50.2 Å². The van der Waals surface area contributed by atoms with Crippen LogP contribution in [0.1, 0.15) is 44.8 Å². The van der Waals surface area contributed by atoms with Gasteiger partial charge in [0.1, 0.15) is 4.88 Å². The number of nitrogens with one attached hydrogen (secondary N) is 1. The van der Waals surface area contributed by atoms with Gasteiger partial charge in [-0.15, -0.1) is 11.3 Å². The first-order valence-electron chi connectivity index (χ1n) is 10.1. The number of rotatable bonds is 5. The maximum absolute atomic E-state index is 12.4. The van der Waals surface area contributed by atoms with E-state index in [4.69, 9.17) is 4.74 Å². The van der Waals surface area contributed by atoms with Crippen LogP contribution in [-0.4, -0.2) is 28.3 Å². The zero-order chi connectivity index (χ0) is 21.3. The van der Waals surface area contributed by atoms with Crippen LogP contribution in [-0.2, 0) is 22.4 Å². The van der Waals surface area contributed by atoms with E-state index < -0.39 is 5.97 Å². The molecule has 1 unspecified atom stereocenters. The number of hydrogen-bond donors (Lipinski definition) is 1. The first-order valence-corrected chi connectivity index (χ1v) is 10.9. The average Bonchev–Trinajstić information content (AvgIpc) is 3.28. The van der Waals surface area contributed by atoms with Gasteiger partial charge in [-0.25, -0.2) is 9.48 Å². The van der Waals surface area contributed by atoms with Crippen LogP contribution in [0.15, 0.2) is 36.4 Å². The quantitative estimate of drug-likeness (QED) is 0.615. The summed E-state index contributed by atoms with van der Waals surface area (Å²) in [6, 6.07) is 11.6. The summed E-state index contributed by atoms with van der Waals surface area (Å²) in [5.74, 6) is -0.173. The maximum Gasteiger partial charge on any atom is 0.348 e. The first kappa shape index (κ1) is 20.3. The van der Waals surface area contributed by atoms with Gasteiger partial charge in [-0.05, 0) is 62.8 Å². The van der Waals surface area contributed by atoms with Crippen molar-refractivity contribution in [1.82, 2.24) is 9.78 Å². The summed E-state index contributed by atoms with van der Waals surface area (Å²) >= 11 is 1.49. The molecule has 0 aliphatic heterocycles. The van der Waals surface area contributed by atoms with E-state index in [2.05, 4.69) is 17.3 Å². The standard InChI is InChI=1S/C23H25N3O3S/c1-14-9-10-19-17(11-14)12-20(30-19)23(28)29-13-21(27)24-22-15(2)25-26(16(22)3)18-7-5-4-6-8-18/h4-8,12,14H,9-11,13H2,1-3H3,(H,24,27). The van der Waals surface area contributed by atoms with E-state index >= 15 is 0 Å². The minimum atomic E-state index is -0.439. The Morgan fingerprint density at radius 2 is 2.03 bits per heavy atom. The number of carbonyl (C=O) groups is 2. The van der Waals surface area contributed by atoms with Gasteiger partial charge in [0.25, 0.3) is 5.91 Å². The first-order chi connectivity index (χ1) is 14.4. The number of anilines is 1. The zero-order valence-corrected chi connectivity index (χ0v) is 18.2. The van der Waals surface area contributed by atoms with Crippen molar-refractivity contribution in [2.75, 3.05) is 11.9 Å². The molecule has 30 heavy (non-hydrogen) atoms. The van der Waals surface area contributed by atoms with Crippen molar-refractivity contribution < 1.29 is 14.3 Å². The Bertz CT molecular complexity index is 1080. The van der Waals surface area contributed by atoms with Crippen LogP contribution in [0.2, 0.25) is 0 Å². The average molecular weight is 424 g/mol. The highest BCUT2D eigenvalue weighted by Crippen LogP contribution is 2.32. The molecule has 0 bridgehead atoms. The fraction of sp³-hybridized carbons (Fsp3) is 0.348. The second-order valence-corrected chi connectivity index (χ2v) is 8.96. The molecule has 2 aromatic heterocycles. The van der Waals surface area contributed by atoms with Crippen LogP contribution >= 0.6 is 11.3 Å². The number of nitrogens with zero attached hydrogens (tertiary/aromatic N) is 2. The second kappa shape index (κ2) is 8.44. The van der Waals surface area contributed by atoms with Crippen molar-refractivity contribution >= 4 is 28.9 Å². The van der Waals surface area contributed by atoms with Crippen molar-refractivity contribution in [2.45, 2.75) is 40.0 Å². The van der Waals surface area contributed by atoms with Crippen molar-refractivity contribution in [3.63, 3.8) is 0 Å². The normalized spacial score (nSPS) is 15.5. The molecule has 1 aliphatic carbocycles. The molecular weight excluding hydrogens is 398 g/mol. The molecule has 0 saturated heterocycles. The Morgan fingerprint density at radius 1 is 1.27 bits per heavy atom. The highest BCUT2D eigenvalue weighted by atomic mass is 32.1. The number of aromatic nitrogens is 2. The van der Waals surface area contributed by atoms with Crippen molar-refractivity contribution in [2.24, 2.45) is 5.92 Å². The SMILES string of the molecule is Cc1nn(-c2ccccc2)c(C)c1NC(=O)COC(=O)c1cc2c(s1)CCC(C)C2. The van der Waals surface area contributed by atoms with Gasteiger partial charge in [-0.3, -0.25) is 4.79 Å². The van der Waals surface area contributed by atoms with Gasteiger partial charge in [0, 0.05) is 4.88 Å². The minimum absolute atomic E-state index is 0.326. The van der Waals surface area contributed by atoms with Crippen LogP contribution in [0.4, 0.5) is 5.69 Å². The molecule has 3 aromatic rings. The summed E-state index contributed by atoms with van der Waals surface area (Å²) in [6.45, 7) is 5.64. The molecule has 1 amide bonds. The predicted molar refractivity (Wildman–Crippen MR) is 117 cm³/mol. The van der Waals surface area contributed by atoms with E-state index in [1.165, 1.54) is 21.8 Å². The molecular formula is C23H25N3O3S.